The van der Waals surface area contributed by atoms with Crippen LogP contribution in [0.15, 0.2) is 29.2 Å². The largest absolute Gasteiger partial charge is 0.399 e. The molecule has 1 aromatic heterocycles. The zero-order valence-electron chi connectivity index (χ0n) is 11.9. The molecule has 20 heavy (non-hydrogen) atoms. The van der Waals surface area contributed by atoms with Crippen molar-refractivity contribution in [2.24, 2.45) is 0 Å². The van der Waals surface area contributed by atoms with Gasteiger partial charge in [-0.15, -0.1) is 0 Å². The number of sulfone groups is 1. The third-order valence-corrected chi connectivity index (χ3v) is 4.96. The van der Waals surface area contributed by atoms with E-state index in [1.807, 2.05) is 19.9 Å². The van der Waals surface area contributed by atoms with Crippen LogP contribution in [0.3, 0.4) is 0 Å². The van der Waals surface area contributed by atoms with Gasteiger partial charge in [-0.25, -0.2) is 8.42 Å². The maximum Gasteiger partial charge on any atom is 0.184 e. The number of benzene rings is 1. The molecule has 6 heteroatoms. The van der Waals surface area contributed by atoms with Crippen LogP contribution in [0.5, 0.6) is 0 Å². The summed E-state index contributed by atoms with van der Waals surface area (Å²) in [7, 11) is -3.43. The van der Waals surface area contributed by atoms with Gasteiger partial charge < -0.3 is 5.73 Å². The van der Waals surface area contributed by atoms with Crippen molar-refractivity contribution in [3.63, 3.8) is 0 Å². The second kappa shape index (κ2) is 5.28. The summed E-state index contributed by atoms with van der Waals surface area (Å²) in [5.41, 5.74) is 8.38. The highest BCUT2D eigenvalue weighted by atomic mass is 32.2. The van der Waals surface area contributed by atoms with Gasteiger partial charge in [0, 0.05) is 12.2 Å². The number of aryl methyl sites for hydroxylation is 3. The number of aromatic nitrogens is 2. The van der Waals surface area contributed by atoms with E-state index in [1.165, 1.54) is 6.07 Å². The molecular weight excluding hydrogens is 274 g/mol. The fourth-order valence-corrected chi connectivity index (χ4v) is 3.86. The molecule has 5 nitrogen and oxygen atoms in total. The van der Waals surface area contributed by atoms with Gasteiger partial charge in [-0.2, -0.15) is 5.10 Å². The van der Waals surface area contributed by atoms with Crippen LogP contribution in [-0.2, 0) is 22.1 Å². The van der Waals surface area contributed by atoms with Crippen molar-refractivity contribution >= 4 is 15.5 Å². The monoisotopic (exact) mass is 293 g/mol. The molecule has 2 N–H and O–H groups in total. The van der Waals surface area contributed by atoms with Gasteiger partial charge in [-0.05, 0) is 44.5 Å². The van der Waals surface area contributed by atoms with Crippen molar-refractivity contribution in [1.29, 1.82) is 0 Å². The molecule has 0 amide bonds. The van der Waals surface area contributed by atoms with Gasteiger partial charge in [0.05, 0.1) is 22.0 Å². The van der Waals surface area contributed by atoms with Crippen LogP contribution in [-0.4, -0.2) is 18.2 Å². The van der Waals surface area contributed by atoms with Gasteiger partial charge in [0.1, 0.15) is 0 Å². The van der Waals surface area contributed by atoms with Crippen molar-refractivity contribution in [3.05, 3.63) is 41.2 Å². The highest BCUT2D eigenvalue weighted by molar-refractivity contribution is 7.90. The Labute approximate surface area is 119 Å². The molecule has 0 atom stereocenters. The molecule has 0 radical (unpaired) electrons. The smallest absolute Gasteiger partial charge is 0.184 e. The van der Waals surface area contributed by atoms with Crippen molar-refractivity contribution in [2.45, 2.75) is 38.0 Å². The van der Waals surface area contributed by atoms with E-state index in [9.17, 15) is 8.42 Å². The number of anilines is 1. The molecule has 2 aromatic rings. The molecule has 1 heterocycles. The maximum atomic E-state index is 12.6. The number of nitrogen functional groups attached to an aromatic ring is 1. The summed E-state index contributed by atoms with van der Waals surface area (Å²) in [6.45, 7) is 6.21. The number of nitrogens with zero attached hydrogens (tertiary/aromatic N) is 2. The van der Waals surface area contributed by atoms with Crippen LogP contribution in [0.2, 0.25) is 0 Å². The molecule has 0 aliphatic carbocycles. The Hall–Kier alpha value is -1.82. The van der Waals surface area contributed by atoms with E-state index in [0.717, 1.165) is 5.69 Å². The van der Waals surface area contributed by atoms with Gasteiger partial charge in [-0.1, -0.05) is 6.07 Å². The first-order valence-electron chi connectivity index (χ1n) is 6.45. The summed E-state index contributed by atoms with van der Waals surface area (Å²) < 4.78 is 26.8. The van der Waals surface area contributed by atoms with Crippen LogP contribution in [0, 0.1) is 13.8 Å². The lowest BCUT2D eigenvalue weighted by Crippen LogP contribution is -2.11. The number of hydrogen-bond donors (Lipinski definition) is 1. The summed E-state index contributed by atoms with van der Waals surface area (Å²) in [5, 5.41) is 4.27. The molecule has 0 saturated heterocycles. The summed E-state index contributed by atoms with van der Waals surface area (Å²) in [5.74, 6) is -0.0635. The van der Waals surface area contributed by atoms with Crippen molar-refractivity contribution in [3.8, 4) is 0 Å². The Morgan fingerprint density at radius 2 is 1.95 bits per heavy atom. The standard InChI is InChI=1S/C14H19N3O2S/c1-4-17-13(7-11(3)16-17)9-20(18,19)14-8-12(15)6-5-10(14)2/h5-8H,4,9,15H2,1-3H3. The van der Waals surface area contributed by atoms with E-state index in [2.05, 4.69) is 5.10 Å². The SMILES string of the molecule is CCn1nc(C)cc1CS(=O)(=O)c1cc(N)ccc1C. The van der Waals surface area contributed by atoms with E-state index in [4.69, 9.17) is 5.73 Å². The second-order valence-electron chi connectivity index (χ2n) is 4.88. The van der Waals surface area contributed by atoms with Crippen molar-refractivity contribution in [1.82, 2.24) is 9.78 Å². The van der Waals surface area contributed by atoms with Crippen LogP contribution in [0.1, 0.15) is 23.9 Å². The Balaban J connectivity index is 2.43. The van der Waals surface area contributed by atoms with E-state index >= 15 is 0 Å². The molecule has 0 bridgehead atoms. The topological polar surface area (TPSA) is 78.0 Å². The summed E-state index contributed by atoms with van der Waals surface area (Å²) in [6.07, 6.45) is 0. The average molecular weight is 293 g/mol. The Bertz CT molecular complexity index is 733. The normalized spacial score (nSPS) is 11.8. The van der Waals surface area contributed by atoms with E-state index in [-0.39, 0.29) is 5.75 Å². The summed E-state index contributed by atoms with van der Waals surface area (Å²) >= 11 is 0. The predicted octanol–water partition coefficient (Wildman–Crippen LogP) is 2.08. The molecule has 0 saturated carbocycles. The lowest BCUT2D eigenvalue weighted by molar-refractivity contribution is 0.585. The number of nitrogens with two attached hydrogens (primary N) is 1. The van der Waals surface area contributed by atoms with Crippen molar-refractivity contribution < 1.29 is 8.42 Å². The first-order chi connectivity index (χ1) is 9.33. The first-order valence-corrected chi connectivity index (χ1v) is 8.11. The van der Waals surface area contributed by atoms with Crippen LogP contribution >= 0.6 is 0 Å². The summed E-state index contributed by atoms with van der Waals surface area (Å²) in [6, 6.07) is 6.76. The molecule has 108 valence electrons. The molecular formula is C14H19N3O2S. The van der Waals surface area contributed by atoms with Gasteiger partial charge in [-0.3, -0.25) is 4.68 Å². The predicted molar refractivity (Wildman–Crippen MR) is 79.1 cm³/mol. The molecule has 0 aliphatic rings. The molecule has 0 aliphatic heterocycles. The lowest BCUT2D eigenvalue weighted by Gasteiger charge is -2.09. The maximum absolute atomic E-state index is 12.6. The second-order valence-corrected chi connectivity index (χ2v) is 6.83. The van der Waals surface area contributed by atoms with Crippen molar-refractivity contribution in [2.75, 3.05) is 5.73 Å². The molecule has 0 unspecified atom stereocenters. The van der Waals surface area contributed by atoms with Gasteiger partial charge >= 0.3 is 0 Å². The third-order valence-electron chi connectivity index (χ3n) is 3.17. The Kier molecular flexibility index (Phi) is 3.85. The zero-order valence-corrected chi connectivity index (χ0v) is 12.7. The van der Waals surface area contributed by atoms with Crippen LogP contribution in [0.4, 0.5) is 5.69 Å². The highest BCUT2D eigenvalue weighted by Gasteiger charge is 2.20. The van der Waals surface area contributed by atoms with Gasteiger partial charge in [0.2, 0.25) is 0 Å². The minimum Gasteiger partial charge on any atom is -0.399 e. The molecule has 0 fully saturated rings. The fraction of sp³-hybridized carbons (Fsp3) is 0.357. The average Bonchev–Trinajstić information content (AvgIpc) is 2.71. The third kappa shape index (κ3) is 2.85. The van der Waals surface area contributed by atoms with E-state index in [1.54, 1.807) is 23.7 Å². The molecule has 0 spiro atoms. The molecule has 2 rings (SSSR count). The zero-order chi connectivity index (χ0) is 14.9. The molecule has 1 aromatic carbocycles. The first kappa shape index (κ1) is 14.6. The Morgan fingerprint density at radius 3 is 2.60 bits per heavy atom. The quantitative estimate of drug-likeness (QED) is 0.875. The Morgan fingerprint density at radius 1 is 1.25 bits per heavy atom. The number of hydrogen-bond acceptors (Lipinski definition) is 4. The minimum atomic E-state index is -3.43. The fourth-order valence-electron chi connectivity index (χ4n) is 2.21. The van der Waals surface area contributed by atoms with E-state index < -0.39 is 9.84 Å². The lowest BCUT2D eigenvalue weighted by atomic mass is 10.2. The van der Waals surface area contributed by atoms with Gasteiger partial charge in [0.15, 0.2) is 9.84 Å². The van der Waals surface area contributed by atoms with Crippen LogP contribution < -0.4 is 5.73 Å². The van der Waals surface area contributed by atoms with Gasteiger partial charge in [0.25, 0.3) is 0 Å². The highest BCUT2D eigenvalue weighted by Crippen LogP contribution is 2.23. The minimum absolute atomic E-state index is 0.0635. The van der Waals surface area contributed by atoms with Crippen LogP contribution in [0.25, 0.3) is 0 Å². The van der Waals surface area contributed by atoms with E-state index in [0.29, 0.717) is 28.4 Å². The number of rotatable bonds is 4. The summed E-state index contributed by atoms with van der Waals surface area (Å²) in [4.78, 5) is 0.291.